The van der Waals surface area contributed by atoms with E-state index in [9.17, 15) is 4.79 Å². The van der Waals surface area contributed by atoms with Gasteiger partial charge in [-0.15, -0.1) is 0 Å². The average molecular weight is 298 g/mol. The molecular weight excluding hydrogens is 280 g/mol. The normalized spacial score (nSPS) is 11.1. The van der Waals surface area contributed by atoms with Gasteiger partial charge in [0.2, 0.25) is 5.91 Å². The van der Waals surface area contributed by atoms with E-state index in [1.807, 2.05) is 24.4 Å². The van der Waals surface area contributed by atoms with Crippen molar-refractivity contribution >= 4 is 16.9 Å². The fourth-order valence-corrected chi connectivity index (χ4v) is 2.33. The molecule has 7 nitrogen and oxygen atoms in total. The summed E-state index contributed by atoms with van der Waals surface area (Å²) in [4.78, 5) is 23.2. The number of nitrogens with two attached hydrogens (primary N) is 1. The number of carbonyl (C=O) groups is 1. The van der Waals surface area contributed by atoms with Crippen molar-refractivity contribution in [3.05, 3.63) is 30.2 Å². The third-order valence-electron chi connectivity index (χ3n) is 3.41. The molecule has 114 valence electrons. The molecule has 0 atom stereocenters. The Morgan fingerprint density at radius 1 is 1.32 bits per heavy atom. The van der Waals surface area contributed by atoms with Crippen molar-refractivity contribution in [2.75, 3.05) is 0 Å². The fourth-order valence-electron chi connectivity index (χ4n) is 2.33. The lowest BCUT2D eigenvalue weighted by atomic mass is 10.2. The maximum atomic E-state index is 11.1. The van der Waals surface area contributed by atoms with Gasteiger partial charge >= 0.3 is 0 Å². The summed E-state index contributed by atoms with van der Waals surface area (Å²) in [6.45, 7) is 2.85. The van der Waals surface area contributed by atoms with Crippen LogP contribution in [0.1, 0.15) is 25.6 Å². The minimum atomic E-state index is -0.438. The molecule has 0 spiro atoms. The number of amides is 1. The van der Waals surface area contributed by atoms with Gasteiger partial charge in [0, 0.05) is 18.1 Å². The number of H-pyrrole nitrogens is 1. The summed E-state index contributed by atoms with van der Waals surface area (Å²) in [5.74, 6) is 0.667. The highest BCUT2D eigenvalue weighted by Crippen LogP contribution is 2.19. The number of primary amides is 1. The van der Waals surface area contributed by atoms with Crippen LogP contribution < -0.4 is 5.73 Å². The maximum absolute atomic E-state index is 11.1. The Balaban J connectivity index is 2.01. The zero-order valence-electron chi connectivity index (χ0n) is 12.4. The van der Waals surface area contributed by atoms with Gasteiger partial charge in [0.25, 0.3) is 0 Å². The predicted octanol–water partition coefficient (Wildman–Crippen LogP) is 1.65. The first-order valence-corrected chi connectivity index (χ1v) is 7.34. The van der Waals surface area contributed by atoms with E-state index in [1.165, 1.54) is 0 Å². The van der Waals surface area contributed by atoms with Gasteiger partial charge in [-0.25, -0.2) is 14.6 Å². The van der Waals surface area contributed by atoms with Crippen molar-refractivity contribution in [3.63, 3.8) is 0 Å². The minimum Gasteiger partial charge on any atom is -0.369 e. The number of carbonyl (C=O) groups excluding carboxylic acids is 1. The van der Waals surface area contributed by atoms with E-state index in [4.69, 9.17) is 5.73 Å². The van der Waals surface area contributed by atoms with Crippen LogP contribution in [0.3, 0.4) is 0 Å². The Bertz CT molecular complexity index is 803. The van der Waals surface area contributed by atoms with Gasteiger partial charge < -0.3 is 10.7 Å². The van der Waals surface area contributed by atoms with Gasteiger partial charge in [-0.05, 0) is 24.6 Å². The second-order valence-corrected chi connectivity index (χ2v) is 5.18. The van der Waals surface area contributed by atoms with Crippen molar-refractivity contribution in [1.82, 2.24) is 24.7 Å². The van der Waals surface area contributed by atoms with E-state index in [1.54, 1.807) is 4.68 Å². The van der Waals surface area contributed by atoms with Crippen LogP contribution in [0, 0.1) is 0 Å². The molecule has 0 unspecified atom stereocenters. The standard InChI is InChI=1S/C15H18N6O/c1-2-3-8-21-15(19-13(20-21)9-12(16)22)11-5-4-10-6-7-17-14(10)18-11/h4-7H,2-3,8-9H2,1H3,(H2,16,22)(H,17,18). The van der Waals surface area contributed by atoms with Gasteiger partial charge in [-0.2, -0.15) is 5.10 Å². The Labute approximate surface area is 127 Å². The highest BCUT2D eigenvalue weighted by atomic mass is 16.1. The van der Waals surface area contributed by atoms with Crippen molar-refractivity contribution in [2.24, 2.45) is 5.73 Å². The van der Waals surface area contributed by atoms with E-state index in [-0.39, 0.29) is 6.42 Å². The summed E-state index contributed by atoms with van der Waals surface area (Å²) in [6.07, 6.45) is 3.92. The number of unbranched alkanes of at least 4 members (excludes halogenated alkanes) is 1. The second kappa shape index (κ2) is 5.97. The molecule has 0 saturated carbocycles. The molecular formula is C15H18N6O. The molecule has 0 saturated heterocycles. The number of nitrogens with one attached hydrogen (secondary N) is 1. The maximum Gasteiger partial charge on any atom is 0.225 e. The molecule has 22 heavy (non-hydrogen) atoms. The van der Waals surface area contributed by atoms with Gasteiger partial charge in [-0.1, -0.05) is 13.3 Å². The fraction of sp³-hybridized carbons (Fsp3) is 0.333. The van der Waals surface area contributed by atoms with Crippen LogP contribution in [0.25, 0.3) is 22.6 Å². The third-order valence-corrected chi connectivity index (χ3v) is 3.41. The summed E-state index contributed by atoms with van der Waals surface area (Å²) in [5.41, 5.74) is 6.77. The lowest BCUT2D eigenvalue weighted by molar-refractivity contribution is -0.117. The molecule has 0 radical (unpaired) electrons. The predicted molar refractivity (Wildman–Crippen MR) is 82.9 cm³/mol. The van der Waals surface area contributed by atoms with E-state index in [0.717, 1.165) is 36.1 Å². The van der Waals surface area contributed by atoms with E-state index in [0.29, 0.717) is 11.6 Å². The molecule has 7 heteroatoms. The number of pyridine rings is 1. The Hall–Kier alpha value is -2.70. The number of rotatable bonds is 6. The van der Waals surface area contributed by atoms with Gasteiger partial charge in [-0.3, -0.25) is 4.79 Å². The molecule has 3 aromatic heterocycles. The number of hydrogen-bond acceptors (Lipinski definition) is 4. The van der Waals surface area contributed by atoms with Gasteiger partial charge in [0.1, 0.15) is 11.3 Å². The number of hydrogen-bond donors (Lipinski definition) is 2. The third kappa shape index (κ3) is 2.83. The van der Waals surface area contributed by atoms with E-state index >= 15 is 0 Å². The van der Waals surface area contributed by atoms with Crippen molar-refractivity contribution < 1.29 is 4.79 Å². The second-order valence-electron chi connectivity index (χ2n) is 5.18. The van der Waals surface area contributed by atoms with Crippen LogP contribution in [0.4, 0.5) is 0 Å². The average Bonchev–Trinajstić information content (AvgIpc) is 3.10. The van der Waals surface area contributed by atoms with Crippen LogP contribution in [0.2, 0.25) is 0 Å². The highest BCUT2D eigenvalue weighted by molar-refractivity contribution is 5.78. The lowest BCUT2D eigenvalue weighted by Crippen LogP contribution is -2.14. The molecule has 0 aliphatic heterocycles. The first-order valence-electron chi connectivity index (χ1n) is 7.34. The molecule has 3 rings (SSSR count). The van der Waals surface area contributed by atoms with E-state index < -0.39 is 5.91 Å². The number of nitrogens with zero attached hydrogens (tertiary/aromatic N) is 4. The number of aromatic amines is 1. The molecule has 3 N–H and O–H groups in total. The largest absolute Gasteiger partial charge is 0.369 e. The van der Waals surface area contributed by atoms with Gasteiger partial charge in [0.15, 0.2) is 11.6 Å². The van der Waals surface area contributed by atoms with Crippen LogP contribution in [0.5, 0.6) is 0 Å². The molecule has 0 bridgehead atoms. The number of fused-ring (bicyclic) bond motifs is 1. The first-order chi connectivity index (χ1) is 10.7. The highest BCUT2D eigenvalue weighted by Gasteiger charge is 2.15. The number of aryl methyl sites for hydroxylation is 1. The molecule has 0 fully saturated rings. The van der Waals surface area contributed by atoms with Gasteiger partial charge in [0.05, 0.1) is 6.42 Å². The van der Waals surface area contributed by atoms with Crippen LogP contribution in [0.15, 0.2) is 24.4 Å². The molecule has 3 aromatic rings. The minimum absolute atomic E-state index is 0.0386. The zero-order valence-corrected chi connectivity index (χ0v) is 12.4. The van der Waals surface area contributed by atoms with E-state index in [2.05, 4.69) is 27.0 Å². The lowest BCUT2D eigenvalue weighted by Gasteiger charge is -2.04. The smallest absolute Gasteiger partial charge is 0.225 e. The Kier molecular flexibility index (Phi) is 3.86. The zero-order chi connectivity index (χ0) is 15.5. The van der Waals surface area contributed by atoms with Crippen LogP contribution in [-0.4, -0.2) is 30.6 Å². The summed E-state index contributed by atoms with van der Waals surface area (Å²) < 4.78 is 1.80. The van der Waals surface area contributed by atoms with Crippen molar-refractivity contribution in [2.45, 2.75) is 32.7 Å². The SMILES string of the molecule is CCCCn1nc(CC(N)=O)nc1-c1ccc2cc[nH]c2n1. The first kappa shape index (κ1) is 14.2. The molecule has 0 aliphatic carbocycles. The Morgan fingerprint density at radius 2 is 2.18 bits per heavy atom. The molecule has 1 amide bonds. The Morgan fingerprint density at radius 3 is 2.95 bits per heavy atom. The summed E-state index contributed by atoms with van der Waals surface area (Å²) in [6, 6.07) is 5.86. The number of aromatic nitrogens is 5. The molecule has 3 heterocycles. The quantitative estimate of drug-likeness (QED) is 0.722. The van der Waals surface area contributed by atoms with Crippen LogP contribution in [-0.2, 0) is 17.8 Å². The molecule has 0 aromatic carbocycles. The summed E-state index contributed by atoms with van der Waals surface area (Å²) >= 11 is 0. The summed E-state index contributed by atoms with van der Waals surface area (Å²) in [5, 5.41) is 5.43. The molecule has 0 aliphatic rings. The monoisotopic (exact) mass is 298 g/mol. The van der Waals surface area contributed by atoms with Crippen molar-refractivity contribution in [3.8, 4) is 11.5 Å². The van der Waals surface area contributed by atoms with Crippen LogP contribution >= 0.6 is 0 Å². The van der Waals surface area contributed by atoms with Crippen molar-refractivity contribution in [1.29, 1.82) is 0 Å². The summed E-state index contributed by atoms with van der Waals surface area (Å²) in [7, 11) is 0. The topological polar surface area (TPSA) is 102 Å².